The van der Waals surface area contributed by atoms with Crippen molar-refractivity contribution in [3.05, 3.63) is 128 Å². The molecule has 1 aliphatic rings. The van der Waals surface area contributed by atoms with Gasteiger partial charge in [0, 0.05) is 13.3 Å². The Kier molecular flexibility index (Phi) is 54.5. The molecule has 0 aromatic heterocycles. The maximum atomic E-state index is 13.8. The van der Waals surface area contributed by atoms with Crippen LogP contribution in [0.3, 0.4) is 0 Å². The highest BCUT2D eigenvalue weighted by molar-refractivity contribution is 7.61. The van der Waals surface area contributed by atoms with Crippen molar-refractivity contribution in [2.24, 2.45) is 5.73 Å². The maximum absolute atomic E-state index is 13.8. The van der Waals surface area contributed by atoms with Gasteiger partial charge in [-0.05, 0) is 265 Å². The minimum Gasteiger partial charge on any atom is -0.481 e. The Labute approximate surface area is 706 Å². The second-order valence-corrected chi connectivity index (χ2v) is 34.7. The molecule has 32 heteroatoms. The fraction of sp³-hybridized carbons (Fsp3) is 0.644. The highest BCUT2D eigenvalue weighted by Gasteiger charge is 2.51. The molecular formula is C87H143N7O23P2. The average molecular weight is 1720 g/mol. The molecule has 0 saturated carbocycles. The molecule has 0 spiro atoms. The van der Waals surface area contributed by atoms with E-state index < -0.39 is 168 Å². The molecular weight excluding hydrogens is 1570 g/mol. The fourth-order valence-electron chi connectivity index (χ4n) is 12.3. The lowest BCUT2D eigenvalue weighted by molar-refractivity contribution is -0.261. The molecule has 1 aliphatic heterocycles. The lowest BCUT2D eigenvalue weighted by Crippen LogP contribution is -2.66. The van der Waals surface area contributed by atoms with Gasteiger partial charge in [-0.1, -0.05) is 128 Å². The SMILES string of the molecule is CC(=O)N[C@H]1[C@@H](OP(=O)(O)OP(=O)(O)OC/C=C(\C)CC/C=C(\C)CC/C=C(\C)CC/C=C(\C)CC/C=C(\C)CC/C=C(\C)CC/C=C(\C)CC/C=C(\C)CC/C=C(\C)CC/C=C(\C)CCC=C(C)C)O[C@H](CO)[C@@H](O)[C@@H]1O[C@H](C)C(=O)N[C@@H](C)C(=O)N[C@H](CCC(=O)O)C(=O)N[C@@H](CCC[C@@H](N)C(=O)O)C(=O)N[C@H](C)C(=O)N[C@@H](C)C(=O)O. The van der Waals surface area contributed by atoms with Gasteiger partial charge in [-0.25, -0.2) is 9.13 Å². The molecule has 0 aromatic carbocycles. The molecule has 2 unspecified atom stereocenters. The molecule has 674 valence electrons. The second kappa shape index (κ2) is 59.2. The van der Waals surface area contributed by atoms with Crippen LogP contribution in [0.4, 0.5) is 0 Å². The van der Waals surface area contributed by atoms with Crippen molar-refractivity contribution >= 4 is 69.0 Å². The predicted molar refractivity (Wildman–Crippen MR) is 461 cm³/mol. The van der Waals surface area contributed by atoms with E-state index in [9.17, 15) is 87.6 Å². The Balaban J connectivity index is 2.79. The zero-order valence-electron chi connectivity index (χ0n) is 73.5. The maximum Gasteiger partial charge on any atom is 0.483 e. The molecule has 6 amide bonds. The number of carbonyl (C=O) groups is 9. The average Bonchev–Trinajstić information content (AvgIpc) is 0.782. The van der Waals surface area contributed by atoms with Crippen LogP contribution >= 0.6 is 15.6 Å². The van der Waals surface area contributed by atoms with Crippen LogP contribution in [-0.2, 0) is 75.1 Å². The number of aliphatic hydroxyl groups excluding tert-OH is 2. The minimum absolute atomic E-state index is 0.104. The van der Waals surface area contributed by atoms with E-state index in [-0.39, 0.29) is 19.3 Å². The van der Waals surface area contributed by atoms with Gasteiger partial charge >= 0.3 is 33.6 Å². The molecule has 30 nitrogen and oxygen atoms in total. The number of nitrogens with two attached hydrogens (primary N) is 1. The number of amides is 6. The van der Waals surface area contributed by atoms with Crippen LogP contribution in [0.15, 0.2) is 128 Å². The van der Waals surface area contributed by atoms with Crippen LogP contribution in [0.1, 0.15) is 278 Å². The highest BCUT2D eigenvalue weighted by Crippen LogP contribution is 2.61. The van der Waals surface area contributed by atoms with Gasteiger partial charge in [-0.3, -0.25) is 52.2 Å². The van der Waals surface area contributed by atoms with Crippen LogP contribution in [0.25, 0.3) is 0 Å². The van der Waals surface area contributed by atoms with E-state index in [1.54, 1.807) is 6.92 Å². The first-order valence-corrected chi connectivity index (χ1v) is 44.5. The number of aliphatic hydroxyl groups is 2. The van der Waals surface area contributed by atoms with Crippen molar-refractivity contribution in [3.8, 4) is 0 Å². The molecule has 119 heavy (non-hydrogen) atoms. The summed E-state index contributed by atoms with van der Waals surface area (Å²) in [5.41, 5.74) is 20.5. The zero-order valence-corrected chi connectivity index (χ0v) is 75.3. The molecule has 1 heterocycles. The first kappa shape index (κ1) is 109. The number of carbonyl (C=O) groups excluding carboxylic acids is 6. The van der Waals surface area contributed by atoms with E-state index >= 15 is 0 Å². The van der Waals surface area contributed by atoms with Gasteiger partial charge in [-0.15, -0.1) is 0 Å². The summed E-state index contributed by atoms with van der Waals surface area (Å²) < 4.78 is 52.5. The zero-order chi connectivity index (χ0) is 90.1. The predicted octanol–water partition coefficient (Wildman–Crippen LogP) is 13.8. The van der Waals surface area contributed by atoms with Crippen LogP contribution in [0.5, 0.6) is 0 Å². The van der Waals surface area contributed by atoms with Gasteiger partial charge in [-0.2, -0.15) is 4.31 Å². The van der Waals surface area contributed by atoms with E-state index in [0.717, 1.165) is 149 Å². The number of carboxylic acid groups (broad SMARTS) is 3. The van der Waals surface area contributed by atoms with Gasteiger partial charge in [0.25, 0.3) is 0 Å². The first-order chi connectivity index (χ1) is 55.7. The Morgan fingerprint density at radius 1 is 0.437 bits per heavy atom. The Morgan fingerprint density at radius 2 is 0.782 bits per heavy atom. The van der Waals surface area contributed by atoms with Crippen LogP contribution in [-0.4, -0.2) is 175 Å². The lowest BCUT2D eigenvalue weighted by atomic mass is 9.96. The van der Waals surface area contributed by atoms with Crippen LogP contribution in [0.2, 0.25) is 0 Å². The van der Waals surface area contributed by atoms with E-state index in [2.05, 4.69) is 173 Å². The van der Waals surface area contributed by atoms with Crippen molar-refractivity contribution in [1.82, 2.24) is 31.9 Å². The van der Waals surface area contributed by atoms with Crippen molar-refractivity contribution in [3.63, 3.8) is 0 Å². The molecule has 14 atom stereocenters. The topological polar surface area (TPSA) is 474 Å². The van der Waals surface area contributed by atoms with Crippen LogP contribution < -0.4 is 37.6 Å². The smallest absolute Gasteiger partial charge is 0.481 e. The van der Waals surface area contributed by atoms with Crippen molar-refractivity contribution < 1.29 is 110 Å². The van der Waals surface area contributed by atoms with Crippen molar-refractivity contribution in [2.45, 2.75) is 351 Å². The normalized spacial score (nSPS) is 19.8. The lowest BCUT2D eigenvalue weighted by Gasteiger charge is -2.44. The number of allylic oxidation sites excluding steroid dienone is 21. The molecule has 1 rings (SSSR count). The van der Waals surface area contributed by atoms with Gasteiger partial charge in [0.15, 0.2) is 6.29 Å². The monoisotopic (exact) mass is 1720 g/mol. The Morgan fingerprint density at radius 3 is 1.14 bits per heavy atom. The molecule has 0 bridgehead atoms. The molecule has 0 radical (unpaired) electrons. The third-order valence-electron chi connectivity index (χ3n) is 19.9. The molecule has 15 N–H and O–H groups in total. The molecule has 1 fully saturated rings. The fourth-order valence-corrected chi connectivity index (χ4v) is 14.4. The third-order valence-corrected chi connectivity index (χ3v) is 22.5. The summed E-state index contributed by atoms with van der Waals surface area (Å²) in [6.45, 7) is 30.0. The number of phosphoric ester groups is 2. The van der Waals surface area contributed by atoms with Crippen LogP contribution in [0, 0.1) is 0 Å². The van der Waals surface area contributed by atoms with E-state index in [4.69, 9.17) is 24.3 Å². The largest absolute Gasteiger partial charge is 0.483 e. The van der Waals surface area contributed by atoms with E-state index in [1.807, 2.05) is 0 Å². The second-order valence-electron chi connectivity index (χ2n) is 31.7. The van der Waals surface area contributed by atoms with Crippen molar-refractivity contribution in [1.29, 1.82) is 0 Å². The summed E-state index contributed by atoms with van der Waals surface area (Å²) in [5.74, 6) is -10.4. The number of ether oxygens (including phenoxy) is 2. The standard InChI is InChI=1S/C87H143N7O23P2/c1-56(2)29-18-30-57(3)31-19-32-58(4)33-20-34-59(5)35-21-36-60(6)37-22-38-61(7)39-23-40-62(8)41-24-42-63(9)43-25-44-64(10)45-26-46-65(11)47-27-48-66(12)53-54-113-118(109,110)117-119(111,112)116-87-77(92-71(17)96)79(78(99)75(55-95)115-87)114-70(16)82(102)89-68(14)81(101)93-74(51-52-76(97)98)84(104)94-73(50-28-49-72(88)86(107)108)83(103)90-67(13)80(100)91-69(15)85(105)106/h29,31,33,35,37,39,41,43,45,47,53,67-70,72-75,77-79,87,95,99H,18-28,30,32,34,36,38,40,42,44,46,48-52,54-55,88H2,1-17H3,(H,89,102)(H,90,103)(H,91,100)(H,92,96)(H,93,101)(H,94,104)(H,97,98)(H,105,106)(H,107,108)(H,109,110)(H,111,112)/b57-31+,58-33+,59-35+,60-37+,61-39+,62-41+,63-43+,64-45+,65-47+,66-53+/t67-,68+,69+,70-,72-,73+,74-,75-,77-,78-,79-,87-/m1/s1. The number of carboxylic acids is 3. The quantitative estimate of drug-likeness (QED) is 0.0199. The molecule has 1 saturated heterocycles. The van der Waals surface area contributed by atoms with Crippen molar-refractivity contribution in [2.75, 3.05) is 13.2 Å². The summed E-state index contributed by atoms with van der Waals surface area (Å²) in [6, 6.07) is -10.9. The summed E-state index contributed by atoms with van der Waals surface area (Å²) in [7, 11) is -11.2. The number of aliphatic carboxylic acids is 3. The number of nitrogens with one attached hydrogen (secondary N) is 6. The van der Waals surface area contributed by atoms with Gasteiger partial charge in [0.1, 0.15) is 66.7 Å². The number of hydrogen-bond acceptors (Lipinski definition) is 19. The first-order valence-electron chi connectivity index (χ1n) is 41.5. The summed E-state index contributed by atoms with van der Waals surface area (Å²) >= 11 is 0. The van der Waals surface area contributed by atoms with E-state index in [1.165, 1.54) is 68.7 Å². The van der Waals surface area contributed by atoms with Gasteiger partial charge in [0.2, 0.25) is 35.4 Å². The summed E-state index contributed by atoms with van der Waals surface area (Å²) in [6.07, 6.45) is 33.7. The minimum atomic E-state index is -5.78. The number of phosphoric acid groups is 2. The molecule has 0 aromatic rings. The molecule has 0 aliphatic carbocycles. The third kappa shape index (κ3) is 51.1. The van der Waals surface area contributed by atoms with E-state index in [0.29, 0.717) is 12.8 Å². The summed E-state index contributed by atoms with van der Waals surface area (Å²) in [4.78, 5) is 136. The number of hydrogen-bond donors (Lipinski definition) is 14. The Hall–Kier alpha value is -7.57. The van der Waals surface area contributed by atoms with Gasteiger partial charge < -0.3 is 82.4 Å². The Bertz CT molecular complexity index is 3740. The highest BCUT2D eigenvalue weighted by atomic mass is 31.3. The van der Waals surface area contributed by atoms with Gasteiger partial charge in [0.05, 0.1) is 13.2 Å². The summed E-state index contributed by atoms with van der Waals surface area (Å²) in [5, 5.41) is 63.1. The number of rotatable bonds is 60.